The molecule has 2 aromatic carbocycles. The van der Waals surface area contributed by atoms with Crippen molar-refractivity contribution < 1.29 is 19.0 Å². The summed E-state index contributed by atoms with van der Waals surface area (Å²) in [6, 6.07) is 11.4. The summed E-state index contributed by atoms with van der Waals surface area (Å²) in [6.07, 6.45) is 1.93. The third-order valence-electron chi connectivity index (χ3n) is 5.18. The van der Waals surface area contributed by atoms with Crippen LogP contribution >= 0.6 is 43.6 Å². The molecule has 6 nitrogen and oxygen atoms in total. The minimum Gasteiger partial charge on any atom is -0.493 e. The standard InChI is InChI=1S/C24H22Br2N2O4S/c1-4-31-23(29)20-14(2)27-24-28(9-10-33-24)21(20)16-11-18(26)22(19(12-16)30-3)32-13-15-5-7-17(25)8-6-15/h5-12,21H,4,13H2,1-3H3/t21-/m1/s1. The Hall–Kier alpha value is -2.23. The largest absolute Gasteiger partial charge is 0.493 e. The van der Waals surface area contributed by atoms with E-state index in [1.807, 2.05) is 59.8 Å². The minimum absolute atomic E-state index is 0.291. The number of fused-ring (bicyclic) bond motifs is 1. The molecular formula is C24H22Br2N2O4S. The van der Waals surface area contributed by atoms with E-state index in [1.165, 1.54) is 11.8 Å². The van der Waals surface area contributed by atoms with Crippen molar-refractivity contribution in [3.05, 3.63) is 79.3 Å². The molecule has 1 atom stereocenters. The lowest BCUT2D eigenvalue weighted by atomic mass is 9.94. The third kappa shape index (κ3) is 5.00. The second kappa shape index (κ2) is 10.4. The number of carbonyl (C=O) groups is 1. The lowest BCUT2D eigenvalue weighted by Crippen LogP contribution is -2.34. The number of hydrogen-bond acceptors (Lipinski definition) is 7. The molecule has 2 aromatic rings. The van der Waals surface area contributed by atoms with Crippen LogP contribution in [0.1, 0.15) is 31.0 Å². The van der Waals surface area contributed by atoms with Crippen LogP contribution in [0.2, 0.25) is 0 Å². The highest BCUT2D eigenvalue weighted by molar-refractivity contribution is 9.10. The fourth-order valence-corrected chi connectivity index (χ4v) is 5.30. The summed E-state index contributed by atoms with van der Waals surface area (Å²) in [5.41, 5.74) is 3.04. The first kappa shape index (κ1) is 23.9. The summed E-state index contributed by atoms with van der Waals surface area (Å²) in [6.45, 7) is 4.31. The van der Waals surface area contributed by atoms with Gasteiger partial charge in [-0.05, 0) is 70.6 Å². The smallest absolute Gasteiger partial charge is 0.338 e. The zero-order chi connectivity index (χ0) is 23.5. The fraction of sp³-hybridized carbons (Fsp3) is 0.250. The molecule has 172 valence electrons. The summed E-state index contributed by atoms with van der Waals surface area (Å²) in [4.78, 5) is 19.5. The Kier molecular flexibility index (Phi) is 7.51. The number of halogens is 2. The van der Waals surface area contributed by atoms with Crippen LogP contribution < -0.4 is 9.47 Å². The molecule has 0 spiro atoms. The summed E-state index contributed by atoms with van der Waals surface area (Å²) in [7, 11) is 1.60. The van der Waals surface area contributed by atoms with Crippen LogP contribution in [0.25, 0.3) is 0 Å². The summed E-state index contributed by atoms with van der Waals surface area (Å²) < 4.78 is 18.9. The molecule has 0 bridgehead atoms. The van der Waals surface area contributed by atoms with Crippen molar-refractivity contribution in [2.24, 2.45) is 4.99 Å². The van der Waals surface area contributed by atoms with E-state index in [-0.39, 0.29) is 5.97 Å². The van der Waals surface area contributed by atoms with E-state index in [1.54, 1.807) is 14.0 Å². The van der Waals surface area contributed by atoms with Gasteiger partial charge in [0.15, 0.2) is 16.7 Å². The van der Waals surface area contributed by atoms with Gasteiger partial charge in [-0.3, -0.25) is 0 Å². The van der Waals surface area contributed by atoms with Gasteiger partial charge < -0.3 is 19.1 Å². The third-order valence-corrected chi connectivity index (χ3v) is 7.07. The van der Waals surface area contributed by atoms with Gasteiger partial charge in [0.25, 0.3) is 0 Å². The highest BCUT2D eigenvalue weighted by atomic mass is 79.9. The van der Waals surface area contributed by atoms with E-state index in [4.69, 9.17) is 14.2 Å². The molecule has 2 aliphatic heterocycles. The molecule has 9 heteroatoms. The number of allylic oxidation sites excluding steroid dienone is 1. The van der Waals surface area contributed by atoms with Crippen molar-refractivity contribution in [3.63, 3.8) is 0 Å². The van der Waals surface area contributed by atoms with E-state index in [0.717, 1.165) is 25.2 Å². The first-order valence-corrected chi connectivity index (χ1v) is 12.7. The number of rotatable bonds is 7. The number of carbonyl (C=O) groups excluding carboxylic acids is 1. The van der Waals surface area contributed by atoms with Gasteiger partial charge >= 0.3 is 5.97 Å². The van der Waals surface area contributed by atoms with Gasteiger partial charge in [-0.1, -0.05) is 39.8 Å². The Morgan fingerprint density at radius 3 is 2.67 bits per heavy atom. The van der Waals surface area contributed by atoms with Crippen LogP contribution in [0.3, 0.4) is 0 Å². The molecule has 33 heavy (non-hydrogen) atoms. The SMILES string of the molecule is CCOC(=O)C1=C(C)N=C2SC=CN2[C@@H]1c1cc(Br)c(OCc2ccc(Br)cc2)c(OC)c1. The lowest BCUT2D eigenvalue weighted by Gasteiger charge is -2.33. The predicted molar refractivity (Wildman–Crippen MR) is 137 cm³/mol. The van der Waals surface area contributed by atoms with Crippen LogP contribution in [0, 0.1) is 0 Å². The predicted octanol–water partition coefficient (Wildman–Crippen LogP) is 6.57. The van der Waals surface area contributed by atoms with E-state index in [2.05, 4.69) is 36.9 Å². The highest BCUT2D eigenvalue weighted by Crippen LogP contribution is 2.45. The molecule has 0 aromatic heterocycles. The maximum atomic E-state index is 12.9. The van der Waals surface area contributed by atoms with Crippen molar-refractivity contribution in [3.8, 4) is 11.5 Å². The zero-order valence-electron chi connectivity index (χ0n) is 18.3. The van der Waals surface area contributed by atoms with Gasteiger partial charge in [-0.15, -0.1) is 0 Å². The van der Waals surface area contributed by atoms with Crippen LogP contribution in [0.5, 0.6) is 11.5 Å². The lowest BCUT2D eigenvalue weighted by molar-refractivity contribution is -0.139. The monoisotopic (exact) mass is 592 g/mol. The highest BCUT2D eigenvalue weighted by Gasteiger charge is 2.38. The molecule has 2 aliphatic rings. The van der Waals surface area contributed by atoms with E-state index >= 15 is 0 Å². The molecule has 0 radical (unpaired) electrons. The second-order valence-electron chi connectivity index (χ2n) is 7.28. The molecule has 0 amide bonds. The number of benzene rings is 2. The Bertz CT molecular complexity index is 1160. The summed E-state index contributed by atoms with van der Waals surface area (Å²) in [5, 5.41) is 2.77. The van der Waals surface area contributed by atoms with Crippen molar-refractivity contribution in [1.29, 1.82) is 0 Å². The topological polar surface area (TPSA) is 60.4 Å². The quantitative estimate of drug-likeness (QED) is 0.339. The van der Waals surface area contributed by atoms with E-state index in [9.17, 15) is 4.79 Å². The van der Waals surface area contributed by atoms with Crippen molar-refractivity contribution in [2.75, 3.05) is 13.7 Å². The molecule has 0 unspecified atom stereocenters. The molecule has 4 rings (SSSR count). The van der Waals surface area contributed by atoms with Gasteiger partial charge in [0.05, 0.1) is 35.5 Å². The average molecular weight is 594 g/mol. The van der Waals surface area contributed by atoms with Crippen LogP contribution in [-0.4, -0.2) is 29.8 Å². The van der Waals surface area contributed by atoms with Gasteiger partial charge in [0.1, 0.15) is 6.61 Å². The molecule has 0 fully saturated rings. The second-order valence-corrected chi connectivity index (χ2v) is 9.92. The number of methoxy groups -OCH3 is 1. The Morgan fingerprint density at radius 2 is 1.97 bits per heavy atom. The molecule has 0 N–H and O–H groups in total. The first-order chi connectivity index (χ1) is 15.9. The van der Waals surface area contributed by atoms with E-state index < -0.39 is 6.04 Å². The minimum atomic E-state index is -0.395. The van der Waals surface area contributed by atoms with Gasteiger partial charge in [0, 0.05) is 10.7 Å². The van der Waals surface area contributed by atoms with Crippen LogP contribution in [-0.2, 0) is 16.1 Å². The number of esters is 1. The molecule has 0 aliphatic carbocycles. The fourth-order valence-electron chi connectivity index (χ4n) is 3.67. The zero-order valence-corrected chi connectivity index (χ0v) is 22.3. The normalized spacial score (nSPS) is 17.1. The molecular weight excluding hydrogens is 572 g/mol. The number of ether oxygens (including phenoxy) is 3. The van der Waals surface area contributed by atoms with Gasteiger partial charge in [-0.2, -0.15) is 0 Å². The summed E-state index contributed by atoms with van der Waals surface area (Å²) in [5.74, 6) is 0.787. The Morgan fingerprint density at radius 1 is 1.21 bits per heavy atom. The number of nitrogens with zero attached hydrogens (tertiary/aromatic N) is 2. The maximum absolute atomic E-state index is 12.9. The average Bonchev–Trinajstić information content (AvgIpc) is 3.26. The first-order valence-electron chi connectivity index (χ1n) is 10.3. The van der Waals surface area contributed by atoms with Gasteiger partial charge in [-0.25, -0.2) is 9.79 Å². The summed E-state index contributed by atoms with van der Waals surface area (Å²) >= 11 is 8.61. The number of aliphatic imine (C=N–C) groups is 1. The number of amidine groups is 1. The van der Waals surface area contributed by atoms with Gasteiger partial charge in [0.2, 0.25) is 0 Å². The van der Waals surface area contributed by atoms with Crippen LogP contribution in [0.15, 0.2) is 73.2 Å². The number of hydrogen-bond donors (Lipinski definition) is 0. The van der Waals surface area contributed by atoms with Crippen molar-refractivity contribution in [1.82, 2.24) is 4.90 Å². The molecule has 0 saturated heterocycles. The molecule has 0 saturated carbocycles. The Balaban J connectivity index is 1.70. The maximum Gasteiger partial charge on any atom is 0.338 e. The number of thioether (sulfide) groups is 1. The van der Waals surface area contributed by atoms with Crippen molar-refractivity contribution in [2.45, 2.75) is 26.5 Å². The van der Waals surface area contributed by atoms with Crippen LogP contribution in [0.4, 0.5) is 0 Å². The Labute approximate surface area is 213 Å². The molecule has 2 heterocycles. The van der Waals surface area contributed by atoms with E-state index in [0.29, 0.717) is 36.0 Å². The van der Waals surface area contributed by atoms with Crippen molar-refractivity contribution >= 4 is 54.8 Å².